The van der Waals surface area contributed by atoms with Gasteiger partial charge in [0.2, 0.25) is 0 Å². The zero-order valence-electron chi connectivity index (χ0n) is 12.6. The Hall–Kier alpha value is -0.970. The number of rotatable bonds is 4. The maximum Gasteiger partial charge on any atom is 0.165 e. The third kappa shape index (κ3) is 2.60. The van der Waals surface area contributed by atoms with Crippen molar-refractivity contribution in [2.24, 2.45) is 11.7 Å². The predicted molar refractivity (Wildman–Crippen MR) is 81.8 cm³/mol. The quantitative estimate of drug-likeness (QED) is 0.928. The fraction of sp³-hybridized carbons (Fsp3) is 0.600. The van der Waals surface area contributed by atoms with E-state index in [1.807, 2.05) is 13.0 Å². The van der Waals surface area contributed by atoms with Gasteiger partial charge in [0, 0.05) is 28.7 Å². The highest BCUT2D eigenvalue weighted by molar-refractivity contribution is 6.31. The molecular formula is C15H23ClN2O2. The van der Waals surface area contributed by atoms with Crippen LogP contribution < -0.4 is 15.2 Å². The molecule has 5 heteroatoms. The van der Waals surface area contributed by atoms with E-state index in [9.17, 15) is 0 Å². The Balaban J connectivity index is 2.48. The van der Waals surface area contributed by atoms with E-state index >= 15 is 0 Å². The summed E-state index contributed by atoms with van der Waals surface area (Å²) in [7, 11) is 5.43. The summed E-state index contributed by atoms with van der Waals surface area (Å²) in [5.41, 5.74) is 7.80. The summed E-state index contributed by atoms with van der Waals surface area (Å²) in [5.74, 6) is 2.02. The normalized spacial score (nSPS) is 23.1. The second-order valence-electron chi connectivity index (χ2n) is 5.43. The van der Waals surface area contributed by atoms with Gasteiger partial charge in [-0.25, -0.2) is 0 Å². The van der Waals surface area contributed by atoms with Crippen molar-refractivity contribution in [3.63, 3.8) is 0 Å². The van der Waals surface area contributed by atoms with Gasteiger partial charge in [-0.2, -0.15) is 0 Å². The zero-order chi connectivity index (χ0) is 14.9. The van der Waals surface area contributed by atoms with Crippen molar-refractivity contribution in [1.29, 1.82) is 0 Å². The van der Waals surface area contributed by atoms with Crippen molar-refractivity contribution in [2.75, 3.05) is 34.4 Å². The number of ether oxygens (including phenoxy) is 2. The lowest BCUT2D eigenvalue weighted by Crippen LogP contribution is -2.21. The zero-order valence-corrected chi connectivity index (χ0v) is 13.3. The summed E-state index contributed by atoms with van der Waals surface area (Å²) < 4.78 is 11.1. The van der Waals surface area contributed by atoms with Gasteiger partial charge in [-0.3, -0.25) is 4.90 Å². The van der Waals surface area contributed by atoms with Crippen LogP contribution in [0, 0.1) is 12.8 Å². The molecule has 0 spiro atoms. The van der Waals surface area contributed by atoms with Crippen molar-refractivity contribution in [3.8, 4) is 11.5 Å². The molecule has 1 heterocycles. The fourth-order valence-electron chi connectivity index (χ4n) is 3.06. The van der Waals surface area contributed by atoms with Crippen LogP contribution >= 0.6 is 11.6 Å². The van der Waals surface area contributed by atoms with Crippen LogP contribution in [0.4, 0.5) is 0 Å². The largest absolute Gasteiger partial charge is 0.493 e. The van der Waals surface area contributed by atoms with E-state index < -0.39 is 0 Å². The SMILES string of the molecule is COc1c(C2CC(CN)CN2C)cc(Cl)c(C)c1OC. The van der Waals surface area contributed by atoms with Crippen LogP contribution in [-0.4, -0.2) is 39.3 Å². The van der Waals surface area contributed by atoms with Crippen molar-refractivity contribution in [1.82, 2.24) is 4.90 Å². The van der Waals surface area contributed by atoms with Crippen LogP contribution in [-0.2, 0) is 0 Å². The molecule has 2 atom stereocenters. The third-order valence-corrected chi connectivity index (χ3v) is 4.58. The van der Waals surface area contributed by atoms with Crippen molar-refractivity contribution >= 4 is 11.6 Å². The van der Waals surface area contributed by atoms with Gasteiger partial charge >= 0.3 is 0 Å². The Morgan fingerprint density at radius 2 is 2.00 bits per heavy atom. The highest BCUT2D eigenvalue weighted by Crippen LogP contribution is 2.46. The maximum absolute atomic E-state index is 6.34. The van der Waals surface area contributed by atoms with Gasteiger partial charge in [0.15, 0.2) is 11.5 Å². The van der Waals surface area contributed by atoms with Crippen LogP contribution in [0.15, 0.2) is 6.07 Å². The monoisotopic (exact) mass is 298 g/mol. The molecule has 1 fully saturated rings. The maximum atomic E-state index is 6.34. The summed E-state index contributed by atoms with van der Waals surface area (Å²) in [5, 5.41) is 0.710. The van der Waals surface area contributed by atoms with Crippen LogP contribution in [0.1, 0.15) is 23.6 Å². The molecule has 0 saturated carbocycles. The first-order valence-corrected chi connectivity index (χ1v) is 7.22. The Labute approximate surface area is 125 Å². The van der Waals surface area contributed by atoms with Crippen molar-refractivity contribution < 1.29 is 9.47 Å². The lowest BCUT2D eigenvalue weighted by atomic mass is 9.97. The molecule has 4 nitrogen and oxygen atoms in total. The lowest BCUT2D eigenvalue weighted by molar-refractivity contribution is 0.295. The number of nitrogens with zero attached hydrogens (tertiary/aromatic N) is 1. The molecule has 0 aromatic heterocycles. The molecule has 1 aromatic carbocycles. The molecule has 0 amide bonds. The number of hydrogen-bond donors (Lipinski definition) is 1. The van der Waals surface area contributed by atoms with Crippen LogP contribution in [0.5, 0.6) is 11.5 Å². The molecule has 112 valence electrons. The first-order valence-electron chi connectivity index (χ1n) is 6.84. The molecule has 1 saturated heterocycles. The first kappa shape index (κ1) is 15.4. The van der Waals surface area contributed by atoms with E-state index in [-0.39, 0.29) is 6.04 Å². The molecule has 1 aliphatic rings. The average Bonchev–Trinajstić information content (AvgIpc) is 2.82. The van der Waals surface area contributed by atoms with Crippen LogP contribution in [0.25, 0.3) is 0 Å². The first-order chi connectivity index (χ1) is 9.53. The molecule has 20 heavy (non-hydrogen) atoms. The van der Waals surface area contributed by atoms with Crippen LogP contribution in [0.2, 0.25) is 5.02 Å². The molecule has 2 rings (SSSR count). The minimum Gasteiger partial charge on any atom is -0.493 e. The molecule has 0 aliphatic carbocycles. The molecule has 2 N–H and O–H groups in total. The minimum absolute atomic E-state index is 0.269. The number of nitrogens with two attached hydrogens (primary N) is 1. The Morgan fingerprint density at radius 1 is 1.35 bits per heavy atom. The summed E-state index contributed by atoms with van der Waals surface area (Å²) in [6.45, 7) is 3.65. The molecule has 0 bridgehead atoms. The van der Waals surface area contributed by atoms with E-state index in [0.717, 1.165) is 35.6 Å². The predicted octanol–water partition coefficient (Wildman–Crippen LogP) is 2.62. The minimum atomic E-state index is 0.269. The fourth-order valence-corrected chi connectivity index (χ4v) is 3.27. The van der Waals surface area contributed by atoms with Crippen molar-refractivity contribution in [3.05, 3.63) is 22.2 Å². The molecule has 1 aromatic rings. The summed E-state index contributed by atoms with van der Waals surface area (Å²) in [6, 6.07) is 2.27. The molecule has 2 unspecified atom stereocenters. The number of hydrogen-bond acceptors (Lipinski definition) is 4. The van der Waals surface area contributed by atoms with Gasteiger partial charge in [0.05, 0.1) is 14.2 Å². The summed E-state index contributed by atoms with van der Waals surface area (Å²) >= 11 is 6.34. The van der Waals surface area contributed by atoms with Gasteiger partial charge < -0.3 is 15.2 Å². The second kappa shape index (κ2) is 6.20. The Morgan fingerprint density at radius 3 is 2.50 bits per heavy atom. The number of halogens is 1. The highest BCUT2D eigenvalue weighted by Gasteiger charge is 2.33. The van der Waals surface area contributed by atoms with Gasteiger partial charge in [-0.15, -0.1) is 0 Å². The van der Waals surface area contributed by atoms with Crippen molar-refractivity contribution in [2.45, 2.75) is 19.4 Å². The average molecular weight is 299 g/mol. The van der Waals surface area contributed by atoms with E-state index in [2.05, 4.69) is 11.9 Å². The molecule has 1 aliphatic heterocycles. The number of likely N-dealkylation sites (tertiary alicyclic amines) is 1. The lowest BCUT2D eigenvalue weighted by Gasteiger charge is -2.24. The summed E-state index contributed by atoms with van der Waals surface area (Å²) in [4.78, 5) is 2.31. The Bertz CT molecular complexity index is 493. The van der Waals surface area contributed by atoms with Crippen LogP contribution in [0.3, 0.4) is 0 Å². The van der Waals surface area contributed by atoms with Gasteiger partial charge in [0.1, 0.15) is 0 Å². The van der Waals surface area contributed by atoms with E-state index in [1.165, 1.54) is 0 Å². The Kier molecular flexibility index (Phi) is 4.78. The molecule has 0 radical (unpaired) electrons. The van der Waals surface area contributed by atoms with E-state index in [0.29, 0.717) is 17.5 Å². The summed E-state index contributed by atoms with van der Waals surface area (Å²) in [6.07, 6.45) is 1.02. The van der Waals surface area contributed by atoms with Gasteiger partial charge in [0.25, 0.3) is 0 Å². The van der Waals surface area contributed by atoms with E-state index in [1.54, 1.807) is 14.2 Å². The standard InChI is InChI=1S/C15H23ClN2O2/c1-9-12(16)6-11(15(20-4)14(9)19-3)13-5-10(7-17)8-18(13)2/h6,10,13H,5,7-8,17H2,1-4H3. The van der Waals surface area contributed by atoms with Gasteiger partial charge in [-0.1, -0.05) is 11.6 Å². The number of benzene rings is 1. The topological polar surface area (TPSA) is 47.7 Å². The van der Waals surface area contributed by atoms with Gasteiger partial charge in [-0.05, 0) is 38.9 Å². The van der Waals surface area contributed by atoms with E-state index in [4.69, 9.17) is 26.8 Å². The second-order valence-corrected chi connectivity index (χ2v) is 5.84. The molecular weight excluding hydrogens is 276 g/mol. The highest BCUT2D eigenvalue weighted by atomic mass is 35.5. The smallest absolute Gasteiger partial charge is 0.165 e. The number of methoxy groups -OCH3 is 2. The third-order valence-electron chi connectivity index (χ3n) is 4.18.